The first-order valence-electron chi connectivity index (χ1n) is 5.29. The van der Waals surface area contributed by atoms with Gasteiger partial charge in [-0.1, -0.05) is 29.9 Å². The molecule has 2 nitrogen and oxygen atoms in total. The van der Waals surface area contributed by atoms with Gasteiger partial charge in [0.1, 0.15) is 10.8 Å². The summed E-state index contributed by atoms with van der Waals surface area (Å²) in [7, 11) is 0. The van der Waals surface area contributed by atoms with Crippen LogP contribution in [0.15, 0.2) is 36.4 Å². The van der Waals surface area contributed by atoms with Crippen molar-refractivity contribution in [3.05, 3.63) is 56.4 Å². The lowest BCUT2D eigenvalue weighted by Crippen LogP contribution is -2.12. The van der Waals surface area contributed by atoms with E-state index in [1.54, 1.807) is 18.2 Å². The van der Waals surface area contributed by atoms with Crippen molar-refractivity contribution in [3.8, 4) is 0 Å². The molecule has 0 fully saturated rings. The van der Waals surface area contributed by atoms with E-state index in [0.717, 1.165) is 9.26 Å². The Bertz CT molecular complexity index is 649. The standard InChI is InChI=1S/C13H9ClFIN2S/c14-8-2-1-3-11(12(8)13(17)19)18-10-5-4-7(15)6-9(10)16/h1-6,18H,(H2,17,19). The van der Waals surface area contributed by atoms with E-state index in [9.17, 15) is 4.39 Å². The third-order valence-corrected chi connectivity index (χ3v) is 3.87. The number of nitrogens with two attached hydrogens (primary N) is 1. The Labute approximate surface area is 134 Å². The summed E-state index contributed by atoms with van der Waals surface area (Å²) in [5, 5.41) is 3.65. The summed E-state index contributed by atoms with van der Waals surface area (Å²) in [4.78, 5) is 0.213. The van der Waals surface area contributed by atoms with Gasteiger partial charge in [-0.3, -0.25) is 0 Å². The van der Waals surface area contributed by atoms with Crippen LogP contribution < -0.4 is 11.1 Å². The molecule has 0 aliphatic rings. The molecule has 0 heterocycles. The van der Waals surface area contributed by atoms with E-state index in [4.69, 9.17) is 29.6 Å². The molecule has 0 saturated heterocycles. The zero-order chi connectivity index (χ0) is 14.0. The molecule has 3 N–H and O–H groups in total. The van der Waals surface area contributed by atoms with Crippen LogP contribution in [0.4, 0.5) is 15.8 Å². The van der Waals surface area contributed by atoms with Gasteiger partial charge in [-0.2, -0.15) is 0 Å². The van der Waals surface area contributed by atoms with E-state index < -0.39 is 0 Å². The largest absolute Gasteiger partial charge is 0.389 e. The molecule has 2 aromatic rings. The van der Waals surface area contributed by atoms with Gasteiger partial charge in [0.15, 0.2) is 0 Å². The molecule has 2 rings (SSSR count). The number of anilines is 2. The van der Waals surface area contributed by atoms with E-state index in [-0.39, 0.29) is 10.8 Å². The zero-order valence-electron chi connectivity index (χ0n) is 9.58. The summed E-state index contributed by atoms with van der Waals surface area (Å²) in [6.07, 6.45) is 0. The van der Waals surface area contributed by atoms with Gasteiger partial charge in [0.2, 0.25) is 0 Å². The third-order valence-electron chi connectivity index (χ3n) is 2.46. The second kappa shape index (κ2) is 6.02. The molecule has 0 radical (unpaired) electrons. The molecule has 0 atom stereocenters. The van der Waals surface area contributed by atoms with E-state index in [1.807, 2.05) is 6.07 Å². The van der Waals surface area contributed by atoms with Crippen LogP contribution in [0.2, 0.25) is 5.02 Å². The highest BCUT2D eigenvalue weighted by molar-refractivity contribution is 14.1. The molecular weight excluding hydrogens is 398 g/mol. The molecule has 0 aliphatic carbocycles. The van der Waals surface area contributed by atoms with Crippen LogP contribution in [-0.2, 0) is 0 Å². The molecule has 19 heavy (non-hydrogen) atoms. The Morgan fingerprint density at radius 3 is 2.63 bits per heavy atom. The maximum absolute atomic E-state index is 13.1. The lowest BCUT2D eigenvalue weighted by atomic mass is 10.1. The first-order chi connectivity index (χ1) is 8.99. The minimum Gasteiger partial charge on any atom is -0.389 e. The van der Waals surface area contributed by atoms with Gasteiger partial charge in [0, 0.05) is 3.57 Å². The van der Waals surface area contributed by atoms with Gasteiger partial charge in [0.25, 0.3) is 0 Å². The maximum atomic E-state index is 13.1. The fraction of sp³-hybridized carbons (Fsp3) is 0. The molecule has 0 amide bonds. The van der Waals surface area contributed by atoms with Crippen molar-refractivity contribution in [2.45, 2.75) is 0 Å². The quantitative estimate of drug-likeness (QED) is 0.584. The van der Waals surface area contributed by atoms with E-state index in [1.165, 1.54) is 12.1 Å². The summed E-state index contributed by atoms with van der Waals surface area (Å²) >= 11 is 13.1. The molecule has 6 heteroatoms. The predicted molar refractivity (Wildman–Crippen MR) is 89.7 cm³/mol. The predicted octanol–water partition coefficient (Wildman–Crippen LogP) is 4.46. The molecule has 0 bridgehead atoms. The van der Waals surface area contributed by atoms with E-state index >= 15 is 0 Å². The fourth-order valence-corrected chi connectivity index (χ4v) is 2.78. The lowest BCUT2D eigenvalue weighted by Gasteiger charge is -2.13. The van der Waals surface area contributed by atoms with Crippen molar-refractivity contribution in [2.75, 3.05) is 5.32 Å². The molecule has 2 aromatic carbocycles. The van der Waals surface area contributed by atoms with Gasteiger partial charge in [-0.15, -0.1) is 0 Å². The molecule has 98 valence electrons. The Kier molecular flexibility index (Phi) is 4.59. The second-order valence-corrected chi connectivity index (χ2v) is 5.79. The van der Waals surface area contributed by atoms with Crippen molar-refractivity contribution in [1.29, 1.82) is 0 Å². The minimum absolute atomic E-state index is 0.213. The van der Waals surface area contributed by atoms with Crippen molar-refractivity contribution in [1.82, 2.24) is 0 Å². The normalized spacial score (nSPS) is 10.3. The van der Waals surface area contributed by atoms with Crippen molar-refractivity contribution < 1.29 is 4.39 Å². The SMILES string of the molecule is NC(=S)c1c(Cl)cccc1Nc1ccc(F)cc1I. The van der Waals surface area contributed by atoms with Crippen molar-refractivity contribution in [3.63, 3.8) is 0 Å². The zero-order valence-corrected chi connectivity index (χ0v) is 13.3. The molecule has 0 aliphatic heterocycles. The number of thiocarbonyl (C=S) groups is 1. The van der Waals surface area contributed by atoms with E-state index in [0.29, 0.717) is 16.3 Å². The summed E-state index contributed by atoms with van der Waals surface area (Å²) in [5.74, 6) is -0.282. The highest BCUT2D eigenvalue weighted by Gasteiger charge is 2.11. The third kappa shape index (κ3) is 3.34. The molecule has 0 aromatic heterocycles. The first kappa shape index (κ1) is 14.5. The average molecular weight is 407 g/mol. The van der Waals surface area contributed by atoms with Gasteiger partial charge in [-0.25, -0.2) is 4.39 Å². The molecule has 0 unspecified atom stereocenters. The van der Waals surface area contributed by atoms with Crippen LogP contribution in [0, 0.1) is 9.39 Å². The van der Waals surface area contributed by atoms with Crippen molar-refractivity contribution >= 4 is 62.8 Å². The Morgan fingerprint density at radius 1 is 1.26 bits per heavy atom. The number of nitrogens with one attached hydrogen (secondary N) is 1. The monoisotopic (exact) mass is 406 g/mol. The second-order valence-electron chi connectivity index (χ2n) is 3.78. The maximum Gasteiger partial charge on any atom is 0.124 e. The van der Waals surface area contributed by atoms with Crippen LogP contribution in [0.3, 0.4) is 0 Å². The van der Waals surface area contributed by atoms with Crippen molar-refractivity contribution in [2.24, 2.45) is 5.73 Å². The Morgan fingerprint density at radius 2 is 2.00 bits per heavy atom. The highest BCUT2D eigenvalue weighted by Crippen LogP contribution is 2.29. The van der Waals surface area contributed by atoms with Crippen LogP contribution in [0.25, 0.3) is 0 Å². The Hall–Kier alpha value is -0.920. The summed E-state index contributed by atoms with van der Waals surface area (Å²) in [5.41, 5.74) is 7.72. The Balaban J connectivity index is 2.44. The fourth-order valence-electron chi connectivity index (χ4n) is 1.61. The summed E-state index contributed by atoms with van der Waals surface area (Å²) in [6, 6.07) is 9.81. The van der Waals surface area contributed by atoms with Gasteiger partial charge < -0.3 is 11.1 Å². The topological polar surface area (TPSA) is 38.0 Å². The molecule has 0 saturated carbocycles. The van der Waals surface area contributed by atoms with Crippen LogP contribution in [-0.4, -0.2) is 4.99 Å². The smallest absolute Gasteiger partial charge is 0.124 e. The van der Waals surface area contributed by atoms with E-state index in [2.05, 4.69) is 27.9 Å². The lowest BCUT2D eigenvalue weighted by molar-refractivity contribution is 0.627. The molecule has 0 spiro atoms. The first-order valence-corrected chi connectivity index (χ1v) is 7.16. The van der Waals surface area contributed by atoms with Crippen LogP contribution in [0.1, 0.15) is 5.56 Å². The van der Waals surface area contributed by atoms with Crippen LogP contribution in [0.5, 0.6) is 0 Å². The number of hydrogen-bond donors (Lipinski definition) is 2. The highest BCUT2D eigenvalue weighted by atomic mass is 127. The number of rotatable bonds is 3. The number of benzene rings is 2. The van der Waals surface area contributed by atoms with Crippen LogP contribution >= 0.6 is 46.4 Å². The number of hydrogen-bond acceptors (Lipinski definition) is 2. The molecular formula is C13H9ClFIN2S. The summed E-state index contributed by atoms with van der Waals surface area (Å²) < 4.78 is 13.8. The average Bonchev–Trinajstić information content (AvgIpc) is 2.32. The van der Waals surface area contributed by atoms with Gasteiger partial charge in [0.05, 0.1) is 22.0 Å². The minimum atomic E-state index is -0.282. The number of halogens is 3. The van der Waals surface area contributed by atoms with Gasteiger partial charge >= 0.3 is 0 Å². The summed E-state index contributed by atoms with van der Waals surface area (Å²) in [6.45, 7) is 0. The van der Waals surface area contributed by atoms with Gasteiger partial charge in [-0.05, 0) is 52.9 Å².